The fourth-order valence-corrected chi connectivity index (χ4v) is 1.99. The van der Waals surface area contributed by atoms with Crippen molar-refractivity contribution in [2.24, 2.45) is 5.92 Å². The highest BCUT2D eigenvalue weighted by Gasteiger charge is 2.23. The van der Waals surface area contributed by atoms with Gasteiger partial charge in [-0.2, -0.15) is 0 Å². The van der Waals surface area contributed by atoms with Gasteiger partial charge in [0.1, 0.15) is 6.04 Å². The molecule has 1 atom stereocenters. The molecule has 1 rings (SSSR count). The quantitative estimate of drug-likeness (QED) is 0.649. The van der Waals surface area contributed by atoms with Crippen LogP contribution in [-0.2, 0) is 14.3 Å². The minimum Gasteiger partial charge on any atom is -0.467 e. The summed E-state index contributed by atoms with van der Waals surface area (Å²) in [6.45, 7) is 7.99. The summed E-state index contributed by atoms with van der Waals surface area (Å²) in [7, 11) is 1.32. The van der Waals surface area contributed by atoms with E-state index in [4.69, 9.17) is 4.74 Å². The van der Waals surface area contributed by atoms with Crippen LogP contribution in [0.15, 0.2) is 30.3 Å². The van der Waals surface area contributed by atoms with Gasteiger partial charge in [-0.3, -0.25) is 4.79 Å². The molecular weight excluding hydrogens is 278 g/mol. The van der Waals surface area contributed by atoms with E-state index >= 15 is 0 Å². The van der Waals surface area contributed by atoms with E-state index in [0.29, 0.717) is 5.92 Å². The predicted octanol–water partition coefficient (Wildman–Crippen LogP) is 3.14. The lowest BCUT2D eigenvalue weighted by Crippen LogP contribution is -2.44. The Morgan fingerprint density at radius 1 is 1.09 bits per heavy atom. The third kappa shape index (κ3) is 5.35. The number of benzene rings is 1. The summed E-state index contributed by atoms with van der Waals surface area (Å²) in [4.78, 5) is 23.5. The molecule has 0 heterocycles. The Bertz CT molecular complexity index is 530. The molecule has 4 heteroatoms. The van der Waals surface area contributed by atoms with Crippen LogP contribution in [-0.4, -0.2) is 25.0 Å². The fraction of sp³-hybridized carbons (Fsp3) is 0.444. The van der Waals surface area contributed by atoms with Gasteiger partial charge in [-0.25, -0.2) is 4.79 Å². The molecule has 0 saturated heterocycles. The summed E-state index contributed by atoms with van der Waals surface area (Å²) in [6.07, 6.45) is 3.16. The van der Waals surface area contributed by atoms with Crippen LogP contribution in [0.1, 0.15) is 44.7 Å². The van der Waals surface area contributed by atoms with Gasteiger partial charge in [-0.1, -0.05) is 52.0 Å². The van der Waals surface area contributed by atoms with E-state index in [0.717, 1.165) is 5.56 Å². The Balaban J connectivity index is 2.68. The zero-order valence-electron chi connectivity index (χ0n) is 13.9. The monoisotopic (exact) mass is 303 g/mol. The van der Waals surface area contributed by atoms with Crippen LogP contribution < -0.4 is 5.32 Å². The lowest BCUT2D eigenvalue weighted by molar-refractivity contribution is -0.145. The number of nitrogens with one attached hydrogen (secondary N) is 1. The molecular formula is C18H25NO3. The fourth-order valence-electron chi connectivity index (χ4n) is 1.99. The Hall–Kier alpha value is -2.10. The second-order valence-corrected chi connectivity index (χ2v) is 5.91. The van der Waals surface area contributed by atoms with Crippen molar-refractivity contribution in [3.63, 3.8) is 0 Å². The zero-order valence-corrected chi connectivity index (χ0v) is 13.9. The van der Waals surface area contributed by atoms with Crippen LogP contribution >= 0.6 is 0 Å². The van der Waals surface area contributed by atoms with Crippen LogP contribution in [0.3, 0.4) is 0 Å². The number of amides is 1. The zero-order chi connectivity index (χ0) is 16.7. The molecule has 1 aromatic carbocycles. The van der Waals surface area contributed by atoms with Crippen molar-refractivity contribution in [2.45, 2.75) is 39.7 Å². The molecule has 1 N–H and O–H groups in total. The molecule has 0 bridgehead atoms. The van der Waals surface area contributed by atoms with Crippen molar-refractivity contribution < 1.29 is 14.3 Å². The maximum absolute atomic E-state index is 11.9. The summed E-state index contributed by atoms with van der Waals surface area (Å²) >= 11 is 0. The Morgan fingerprint density at radius 3 is 2.14 bits per heavy atom. The Kier molecular flexibility index (Phi) is 6.83. The van der Waals surface area contributed by atoms with Gasteiger partial charge >= 0.3 is 5.97 Å². The molecule has 4 nitrogen and oxygen atoms in total. The number of carbonyl (C=O) groups is 2. The van der Waals surface area contributed by atoms with Gasteiger partial charge in [0.05, 0.1) is 7.11 Å². The molecule has 120 valence electrons. The minimum atomic E-state index is -0.634. The number of rotatable bonds is 6. The van der Waals surface area contributed by atoms with Gasteiger partial charge in [0.15, 0.2) is 0 Å². The van der Waals surface area contributed by atoms with Crippen molar-refractivity contribution >= 4 is 18.0 Å². The minimum absolute atomic E-state index is 0.0323. The van der Waals surface area contributed by atoms with Gasteiger partial charge in [0.25, 0.3) is 0 Å². The Morgan fingerprint density at radius 2 is 1.68 bits per heavy atom. The van der Waals surface area contributed by atoms with Crippen molar-refractivity contribution in [1.82, 2.24) is 5.32 Å². The second kappa shape index (κ2) is 8.37. The number of esters is 1. The lowest BCUT2D eigenvalue weighted by atomic mass is 10.0. The van der Waals surface area contributed by atoms with Gasteiger partial charge in [0.2, 0.25) is 5.91 Å². The molecule has 0 radical (unpaired) electrons. The first kappa shape index (κ1) is 18.0. The summed E-state index contributed by atoms with van der Waals surface area (Å²) in [5, 5.41) is 2.67. The standard InChI is InChI=1S/C18H25NO3/c1-12(2)15-9-6-14(7-10-15)8-11-16(20)19-17(13(3)4)18(21)22-5/h6-13,17H,1-5H3,(H,19,20)/b11-8+/t17-/m1/s1. The number of hydrogen-bond acceptors (Lipinski definition) is 3. The largest absolute Gasteiger partial charge is 0.467 e. The van der Waals surface area contributed by atoms with E-state index in [1.54, 1.807) is 6.08 Å². The third-order valence-corrected chi connectivity index (χ3v) is 3.45. The molecule has 22 heavy (non-hydrogen) atoms. The Labute approximate surface area is 132 Å². The topological polar surface area (TPSA) is 55.4 Å². The second-order valence-electron chi connectivity index (χ2n) is 5.91. The molecule has 0 spiro atoms. The van der Waals surface area contributed by atoms with Gasteiger partial charge in [-0.15, -0.1) is 0 Å². The van der Waals surface area contributed by atoms with Crippen LogP contribution in [0.25, 0.3) is 6.08 Å². The highest BCUT2D eigenvalue weighted by molar-refractivity contribution is 5.94. The number of methoxy groups -OCH3 is 1. The predicted molar refractivity (Wildman–Crippen MR) is 88.3 cm³/mol. The van der Waals surface area contributed by atoms with Crippen LogP contribution in [0.5, 0.6) is 0 Å². The lowest BCUT2D eigenvalue weighted by Gasteiger charge is -2.18. The van der Waals surface area contributed by atoms with E-state index in [1.807, 2.05) is 38.1 Å². The van der Waals surface area contributed by atoms with E-state index in [-0.39, 0.29) is 11.8 Å². The molecule has 1 aromatic rings. The van der Waals surface area contributed by atoms with Crippen molar-refractivity contribution in [3.8, 4) is 0 Å². The third-order valence-electron chi connectivity index (χ3n) is 3.45. The van der Waals surface area contributed by atoms with Gasteiger partial charge < -0.3 is 10.1 Å². The van der Waals surface area contributed by atoms with E-state index in [1.165, 1.54) is 18.7 Å². The number of carbonyl (C=O) groups excluding carboxylic acids is 2. The molecule has 0 aliphatic heterocycles. The summed E-state index contributed by atoms with van der Waals surface area (Å²) in [5.74, 6) is -0.293. The van der Waals surface area contributed by atoms with Crippen molar-refractivity contribution in [3.05, 3.63) is 41.5 Å². The highest BCUT2D eigenvalue weighted by Crippen LogP contribution is 2.15. The maximum Gasteiger partial charge on any atom is 0.328 e. The van der Waals surface area contributed by atoms with Crippen LogP contribution in [0, 0.1) is 5.92 Å². The molecule has 0 unspecified atom stereocenters. The van der Waals surface area contributed by atoms with Gasteiger partial charge in [0, 0.05) is 6.08 Å². The van der Waals surface area contributed by atoms with E-state index in [2.05, 4.69) is 19.2 Å². The van der Waals surface area contributed by atoms with Crippen LogP contribution in [0.4, 0.5) is 0 Å². The molecule has 0 fully saturated rings. The number of ether oxygens (including phenoxy) is 1. The van der Waals surface area contributed by atoms with Gasteiger partial charge in [-0.05, 0) is 29.0 Å². The first-order valence-electron chi connectivity index (χ1n) is 7.51. The van der Waals surface area contributed by atoms with Crippen molar-refractivity contribution in [2.75, 3.05) is 7.11 Å². The molecule has 0 aliphatic rings. The molecule has 0 saturated carbocycles. The summed E-state index contributed by atoms with van der Waals surface area (Å²) in [6, 6.07) is 7.41. The maximum atomic E-state index is 11.9. The van der Waals surface area contributed by atoms with E-state index in [9.17, 15) is 9.59 Å². The highest BCUT2D eigenvalue weighted by atomic mass is 16.5. The van der Waals surface area contributed by atoms with Crippen LogP contribution in [0.2, 0.25) is 0 Å². The number of hydrogen-bond donors (Lipinski definition) is 1. The average Bonchev–Trinajstić information content (AvgIpc) is 2.49. The summed E-state index contributed by atoms with van der Waals surface area (Å²) in [5.41, 5.74) is 2.20. The first-order chi connectivity index (χ1) is 10.3. The smallest absolute Gasteiger partial charge is 0.328 e. The van der Waals surface area contributed by atoms with E-state index < -0.39 is 12.0 Å². The summed E-state index contributed by atoms with van der Waals surface area (Å²) < 4.78 is 4.70. The normalized spacial score (nSPS) is 12.7. The molecule has 0 aliphatic carbocycles. The molecule has 1 amide bonds. The molecule has 0 aromatic heterocycles. The van der Waals surface area contributed by atoms with Crippen molar-refractivity contribution in [1.29, 1.82) is 0 Å². The SMILES string of the molecule is COC(=O)[C@H](NC(=O)/C=C/c1ccc(C(C)C)cc1)C(C)C. The average molecular weight is 303 g/mol. The first-order valence-corrected chi connectivity index (χ1v) is 7.51.